The van der Waals surface area contributed by atoms with E-state index in [1.54, 1.807) is 11.3 Å². The highest BCUT2D eigenvalue weighted by atomic mass is 32.1. The van der Waals surface area contributed by atoms with Crippen LogP contribution in [-0.2, 0) is 4.74 Å². The molecule has 3 heterocycles. The van der Waals surface area contributed by atoms with Crippen LogP contribution in [0, 0.1) is 12.8 Å². The number of nitrogens with zero attached hydrogens (tertiary/aromatic N) is 2. The number of rotatable bonds is 3. The molecule has 0 bridgehead atoms. The summed E-state index contributed by atoms with van der Waals surface area (Å²) >= 11 is 1.61. The molecule has 128 valence electrons. The second-order valence-electron chi connectivity index (χ2n) is 7.12. The molecule has 2 atom stereocenters. The summed E-state index contributed by atoms with van der Waals surface area (Å²) in [6.07, 6.45) is 2.91. The van der Waals surface area contributed by atoms with Crippen molar-refractivity contribution in [2.24, 2.45) is 5.92 Å². The minimum absolute atomic E-state index is 0.218. The number of likely N-dealkylation sites (tertiary alicyclic amines) is 1. The maximum absolute atomic E-state index is 12.5. The Bertz CT molecular complexity index is 527. The summed E-state index contributed by atoms with van der Waals surface area (Å²) in [4.78, 5) is 19.2. The van der Waals surface area contributed by atoms with Crippen molar-refractivity contribution in [1.82, 2.24) is 9.80 Å². The quantitative estimate of drug-likeness (QED) is 0.850. The van der Waals surface area contributed by atoms with Crippen LogP contribution in [0.2, 0.25) is 0 Å². The fourth-order valence-corrected chi connectivity index (χ4v) is 4.66. The highest BCUT2D eigenvalue weighted by Crippen LogP contribution is 2.24. The molecule has 0 unspecified atom stereocenters. The van der Waals surface area contributed by atoms with Crippen molar-refractivity contribution >= 4 is 17.2 Å². The van der Waals surface area contributed by atoms with E-state index in [2.05, 4.69) is 25.7 Å². The van der Waals surface area contributed by atoms with Crippen molar-refractivity contribution in [3.05, 3.63) is 21.9 Å². The van der Waals surface area contributed by atoms with Gasteiger partial charge in [-0.1, -0.05) is 0 Å². The first-order valence-corrected chi connectivity index (χ1v) is 9.56. The lowest BCUT2D eigenvalue weighted by molar-refractivity contribution is -0.0728. The SMILES string of the molecule is Cc1ccc(C(=O)N2CCC(CN3C[C@H](C)O[C@@H](C)C3)CC2)s1. The first-order chi connectivity index (χ1) is 11.0. The van der Waals surface area contributed by atoms with Crippen molar-refractivity contribution in [2.75, 3.05) is 32.7 Å². The second-order valence-corrected chi connectivity index (χ2v) is 8.41. The maximum atomic E-state index is 12.5. The van der Waals surface area contributed by atoms with Gasteiger partial charge in [0.15, 0.2) is 0 Å². The third-order valence-electron chi connectivity index (χ3n) is 4.86. The van der Waals surface area contributed by atoms with Crippen LogP contribution in [0.5, 0.6) is 0 Å². The Hall–Kier alpha value is -0.910. The maximum Gasteiger partial charge on any atom is 0.263 e. The molecule has 0 N–H and O–H groups in total. The van der Waals surface area contributed by atoms with Crippen LogP contribution >= 0.6 is 11.3 Å². The standard InChI is InChI=1S/C18H28N2O2S/c1-13-10-19(11-14(2)22-13)12-16-6-8-20(9-7-16)18(21)17-5-4-15(3)23-17/h4-5,13-14,16H,6-12H2,1-3H3/t13-,14-/m0/s1. The molecule has 1 amide bonds. The van der Waals surface area contributed by atoms with Crippen LogP contribution in [0.3, 0.4) is 0 Å². The Morgan fingerprint density at radius 1 is 1.22 bits per heavy atom. The molecule has 4 nitrogen and oxygen atoms in total. The van der Waals surface area contributed by atoms with Gasteiger partial charge in [0, 0.05) is 37.6 Å². The summed E-state index contributed by atoms with van der Waals surface area (Å²) in [6.45, 7) is 11.4. The number of piperidine rings is 1. The second kappa shape index (κ2) is 7.32. The predicted molar refractivity (Wildman–Crippen MR) is 94.1 cm³/mol. The molecule has 2 aliphatic heterocycles. The molecule has 5 heteroatoms. The third-order valence-corrected chi connectivity index (χ3v) is 5.85. The van der Waals surface area contributed by atoms with Gasteiger partial charge in [0.05, 0.1) is 17.1 Å². The van der Waals surface area contributed by atoms with E-state index < -0.39 is 0 Å². The molecule has 23 heavy (non-hydrogen) atoms. The molecule has 0 spiro atoms. The molecule has 0 saturated carbocycles. The number of amides is 1. The fraction of sp³-hybridized carbons (Fsp3) is 0.722. The number of hydrogen-bond acceptors (Lipinski definition) is 4. The Balaban J connectivity index is 1.47. The van der Waals surface area contributed by atoms with Crippen LogP contribution in [0.25, 0.3) is 0 Å². The monoisotopic (exact) mass is 336 g/mol. The summed E-state index contributed by atoms with van der Waals surface area (Å²) < 4.78 is 5.81. The van der Waals surface area contributed by atoms with E-state index in [0.29, 0.717) is 18.1 Å². The number of morpholine rings is 1. The van der Waals surface area contributed by atoms with Crippen molar-refractivity contribution < 1.29 is 9.53 Å². The number of thiophene rings is 1. The van der Waals surface area contributed by atoms with E-state index in [9.17, 15) is 4.79 Å². The number of ether oxygens (including phenoxy) is 1. The van der Waals surface area contributed by atoms with Crippen LogP contribution in [-0.4, -0.2) is 60.6 Å². The van der Waals surface area contributed by atoms with Crippen LogP contribution < -0.4 is 0 Å². The molecule has 1 aromatic rings. The molecular weight excluding hydrogens is 308 g/mol. The highest BCUT2D eigenvalue weighted by Gasteiger charge is 2.28. The molecule has 0 aliphatic carbocycles. The van der Waals surface area contributed by atoms with E-state index in [0.717, 1.165) is 50.4 Å². The average Bonchev–Trinajstić information content (AvgIpc) is 2.93. The number of carbonyl (C=O) groups is 1. The molecular formula is C18H28N2O2S. The normalized spacial score (nSPS) is 27.3. The van der Waals surface area contributed by atoms with Gasteiger partial charge in [-0.05, 0) is 51.7 Å². The Kier molecular flexibility index (Phi) is 5.39. The van der Waals surface area contributed by atoms with Gasteiger partial charge < -0.3 is 9.64 Å². The predicted octanol–water partition coefficient (Wildman–Crippen LogP) is 3.02. The van der Waals surface area contributed by atoms with E-state index in [4.69, 9.17) is 4.74 Å². The molecule has 2 fully saturated rings. The van der Waals surface area contributed by atoms with Crippen molar-refractivity contribution in [1.29, 1.82) is 0 Å². The zero-order valence-corrected chi connectivity index (χ0v) is 15.3. The topological polar surface area (TPSA) is 32.8 Å². The minimum atomic E-state index is 0.218. The van der Waals surface area contributed by atoms with E-state index in [1.807, 2.05) is 17.0 Å². The van der Waals surface area contributed by atoms with Gasteiger partial charge in [-0.3, -0.25) is 9.69 Å². The van der Waals surface area contributed by atoms with E-state index in [1.165, 1.54) is 4.88 Å². The summed E-state index contributed by atoms with van der Waals surface area (Å²) in [6, 6.07) is 4.00. The minimum Gasteiger partial charge on any atom is -0.373 e. The van der Waals surface area contributed by atoms with Crippen molar-refractivity contribution in [3.63, 3.8) is 0 Å². The Morgan fingerprint density at radius 3 is 2.43 bits per heavy atom. The highest BCUT2D eigenvalue weighted by molar-refractivity contribution is 7.13. The molecule has 2 saturated heterocycles. The molecule has 3 rings (SSSR count). The average molecular weight is 337 g/mol. The Labute approximate surface area is 143 Å². The molecule has 0 aromatic carbocycles. The van der Waals surface area contributed by atoms with Crippen LogP contribution in [0.15, 0.2) is 12.1 Å². The molecule has 1 aromatic heterocycles. The number of hydrogen-bond donors (Lipinski definition) is 0. The smallest absolute Gasteiger partial charge is 0.263 e. The van der Waals surface area contributed by atoms with Gasteiger partial charge in [0.25, 0.3) is 5.91 Å². The summed E-state index contributed by atoms with van der Waals surface area (Å²) in [7, 11) is 0. The summed E-state index contributed by atoms with van der Waals surface area (Å²) in [5.74, 6) is 0.928. The fourth-order valence-electron chi connectivity index (χ4n) is 3.82. The van der Waals surface area contributed by atoms with Crippen LogP contribution in [0.1, 0.15) is 41.2 Å². The van der Waals surface area contributed by atoms with Gasteiger partial charge in [0.1, 0.15) is 0 Å². The molecule has 0 radical (unpaired) electrons. The Morgan fingerprint density at radius 2 is 1.87 bits per heavy atom. The first kappa shape index (κ1) is 16.9. The van der Waals surface area contributed by atoms with Gasteiger partial charge >= 0.3 is 0 Å². The number of carbonyl (C=O) groups excluding carboxylic acids is 1. The molecule has 2 aliphatic rings. The third kappa shape index (κ3) is 4.34. The lowest BCUT2D eigenvalue weighted by atomic mass is 9.95. The lowest BCUT2D eigenvalue weighted by Gasteiger charge is -2.39. The zero-order chi connectivity index (χ0) is 16.4. The zero-order valence-electron chi connectivity index (χ0n) is 14.5. The van der Waals surface area contributed by atoms with Gasteiger partial charge in [-0.2, -0.15) is 0 Å². The van der Waals surface area contributed by atoms with Crippen molar-refractivity contribution in [2.45, 2.75) is 45.8 Å². The largest absolute Gasteiger partial charge is 0.373 e. The van der Waals surface area contributed by atoms with Gasteiger partial charge in [-0.15, -0.1) is 11.3 Å². The van der Waals surface area contributed by atoms with Gasteiger partial charge in [0.2, 0.25) is 0 Å². The number of aryl methyl sites for hydroxylation is 1. The van der Waals surface area contributed by atoms with E-state index in [-0.39, 0.29) is 5.91 Å². The summed E-state index contributed by atoms with van der Waals surface area (Å²) in [5.41, 5.74) is 0. The lowest BCUT2D eigenvalue weighted by Crippen LogP contribution is -2.48. The summed E-state index contributed by atoms with van der Waals surface area (Å²) in [5, 5.41) is 0. The van der Waals surface area contributed by atoms with Crippen molar-refractivity contribution in [3.8, 4) is 0 Å². The van der Waals surface area contributed by atoms with E-state index >= 15 is 0 Å². The van der Waals surface area contributed by atoms with Crippen LogP contribution in [0.4, 0.5) is 0 Å². The van der Waals surface area contributed by atoms with Gasteiger partial charge in [-0.25, -0.2) is 0 Å². The first-order valence-electron chi connectivity index (χ1n) is 8.75.